The Morgan fingerprint density at radius 1 is 1.30 bits per heavy atom. The van der Waals surface area contributed by atoms with Gasteiger partial charge in [0.15, 0.2) is 6.40 Å². The number of amides is 4. The van der Waals surface area contributed by atoms with Gasteiger partial charge < -0.3 is 14.9 Å². The summed E-state index contributed by atoms with van der Waals surface area (Å²) in [4.78, 5) is 53.6. The molecular formula is C17H17N3O7. The molecule has 3 rings (SSSR count). The average molecular weight is 375 g/mol. The van der Waals surface area contributed by atoms with Crippen LogP contribution in [0.1, 0.15) is 33.6 Å². The normalized spacial score (nSPS) is 20.8. The van der Waals surface area contributed by atoms with Crippen molar-refractivity contribution in [3.63, 3.8) is 0 Å². The van der Waals surface area contributed by atoms with Gasteiger partial charge in [0, 0.05) is 6.42 Å². The second-order valence-electron chi connectivity index (χ2n) is 6.05. The summed E-state index contributed by atoms with van der Waals surface area (Å²) in [7, 11) is 0. The lowest BCUT2D eigenvalue weighted by Crippen LogP contribution is -2.54. The molecule has 27 heavy (non-hydrogen) atoms. The molecule has 10 nitrogen and oxygen atoms in total. The number of rotatable bonds is 6. The van der Waals surface area contributed by atoms with Crippen molar-refractivity contribution >= 4 is 35.7 Å². The molecule has 1 unspecified atom stereocenters. The number of fused-ring (bicyclic) bond motifs is 1. The summed E-state index contributed by atoms with van der Waals surface area (Å²) in [6, 6.07) is 3.44. The number of carbonyl (C=O) groups is 4. The highest BCUT2D eigenvalue weighted by molar-refractivity contribution is 6.25. The second-order valence-corrected chi connectivity index (χ2v) is 6.05. The number of carbonyl (C=O) groups excluding carboxylic acids is 4. The number of piperidine rings is 1. The molecule has 1 saturated heterocycles. The van der Waals surface area contributed by atoms with Gasteiger partial charge >= 0.3 is 0 Å². The van der Waals surface area contributed by atoms with Gasteiger partial charge in [0.25, 0.3) is 11.8 Å². The Bertz CT molecular complexity index is 836. The predicted molar refractivity (Wildman–Crippen MR) is 90.3 cm³/mol. The summed E-state index contributed by atoms with van der Waals surface area (Å²) in [5.74, 6) is -2.43. The van der Waals surface area contributed by atoms with Crippen molar-refractivity contribution < 1.29 is 34.1 Å². The van der Waals surface area contributed by atoms with Gasteiger partial charge in [0.2, 0.25) is 11.8 Å². The third kappa shape index (κ3) is 3.57. The molecule has 142 valence electrons. The summed E-state index contributed by atoms with van der Waals surface area (Å²) < 4.78 is 4.97. The van der Waals surface area contributed by atoms with E-state index in [2.05, 4.69) is 10.3 Å². The maximum Gasteiger partial charge on any atom is 0.264 e. The lowest BCUT2D eigenvalue weighted by molar-refractivity contribution is -0.136. The average Bonchev–Trinajstić information content (AvgIpc) is 2.90. The van der Waals surface area contributed by atoms with Crippen LogP contribution in [0, 0.1) is 0 Å². The predicted octanol–water partition coefficient (Wildman–Crippen LogP) is -0.883. The van der Waals surface area contributed by atoms with Gasteiger partial charge in [-0.15, -0.1) is 0 Å². The molecule has 2 aliphatic heterocycles. The Balaban J connectivity index is 1.83. The first kappa shape index (κ1) is 18.7. The van der Waals surface area contributed by atoms with Crippen LogP contribution in [-0.4, -0.2) is 70.5 Å². The molecule has 2 aliphatic rings. The minimum Gasteiger partial charge on any atom is -0.480 e. The van der Waals surface area contributed by atoms with Crippen molar-refractivity contribution in [2.45, 2.75) is 25.0 Å². The van der Waals surface area contributed by atoms with E-state index >= 15 is 0 Å². The van der Waals surface area contributed by atoms with E-state index in [1.54, 1.807) is 0 Å². The van der Waals surface area contributed by atoms with Gasteiger partial charge in [-0.05, 0) is 18.6 Å². The van der Waals surface area contributed by atoms with E-state index in [-0.39, 0.29) is 36.3 Å². The highest BCUT2D eigenvalue weighted by atomic mass is 16.5. The monoisotopic (exact) mass is 375 g/mol. The Kier molecular flexibility index (Phi) is 5.28. The molecule has 0 aromatic heterocycles. The van der Waals surface area contributed by atoms with Crippen LogP contribution < -0.4 is 5.32 Å². The SMILES string of the molecule is O=C1CCC(N2C(=O)c3cccc(/N=C/OC[C@H](O)CO)c3C2=O)C(=O)N1. The zero-order chi connectivity index (χ0) is 19.6. The van der Waals surface area contributed by atoms with Gasteiger partial charge in [-0.1, -0.05) is 6.07 Å². The smallest absolute Gasteiger partial charge is 0.264 e. The van der Waals surface area contributed by atoms with Gasteiger partial charge in [-0.25, -0.2) is 4.99 Å². The third-order valence-electron chi connectivity index (χ3n) is 4.21. The van der Waals surface area contributed by atoms with Gasteiger partial charge in [-0.2, -0.15) is 0 Å². The number of nitrogens with one attached hydrogen (secondary N) is 1. The van der Waals surface area contributed by atoms with Gasteiger partial charge in [0.1, 0.15) is 18.8 Å². The molecule has 4 amide bonds. The molecule has 1 aromatic rings. The molecule has 2 heterocycles. The summed E-state index contributed by atoms with van der Waals surface area (Å²) in [5.41, 5.74) is 0.309. The standard InChI is InChI=1S/C17H17N3O7/c21-6-9(22)7-27-8-18-11-3-1-2-10-14(11)17(26)20(16(10)25)12-4-5-13(23)19-15(12)24/h1-3,8-9,12,21-22H,4-7H2,(H,19,23,24)/b18-8+/t9-,12?/m1/s1. The molecular weight excluding hydrogens is 358 g/mol. The van der Waals surface area contributed by atoms with Crippen LogP contribution in [0.2, 0.25) is 0 Å². The number of nitrogens with zero attached hydrogens (tertiary/aromatic N) is 2. The molecule has 0 saturated carbocycles. The second kappa shape index (κ2) is 7.64. The van der Waals surface area contributed by atoms with Crippen LogP contribution in [0.15, 0.2) is 23.2 Å². The first-order valence-electron chi connectivity index (χ1n) is 8.21. The fourth-order valence-electron chi connectivity index (χ4n) is 2.91. The van der Waals surface area contributed by atoms with Crippen LogP contribution in [0.3, 0.4) is 0 Å². The Morgan fingerprint density at radius 3 is 2.78 bits per heavy atom. The largest absolute Gasteiger partial charge is 0.480 e. The van der Waals surface area contributed by atoms with E-state index in [9.17, 15) is 24.3 Å². The number of hydrogen-bond acceptors (Lipinski definition) is 8. The maximum absolute atomic E-state index is 12.8. The molecule has 0 bridgehead atoms. The summed E-state index contributed by atoms with van der Waals surface area (Å²) in [6.07, 6.45) is 0.0392. The minimum absolute atomic E-state index is 0.0368. The lowest BCUT2D eigenvalue weighted by Gasteiger charge is -2.27. The number of imide groups is 2. The molecule has 10 heteroatoms. The van der Waals surface area contributed by atoms with Gasteiger partial charge in [-0.3, -0.25) is 29.4 Å². The summed E-state index contributed by atoms with van der Waals surface area (Å²) in [5, 5.41) is 20.1. The molecule has 0 aliphatic carbocycles. The quantitative estimate of drug-likeness (QED) is 0.332. The van der Waals surface area contributed by atoms with Crippen molar-refractivity contribution in [3.05, 3.63) is 29.3 Å². The number of aliphatic imine (C=N–C) groups is 1. The van der Waals surface area contributed by atoms with Crippen LogP contribution >= 0.6 is 0 Å². The minimum atomic E-state index is -1.07. The summed E-state index contributed by atoms with van der Waals surface area (Å²) in [6.45, 7) is -0.660. The lowest BCUT2D eigenvalue weighted by atomic mass is 10.0. The van der Waals surface area contributed by atoms with Crippen LogP contribution in [0.4, 0.5) is 5.69 Å². The molecule has 2 atom stereocenters. The summed E-state index contributed by atoms with van der Waals surface area (Å²) >= 11 is 0. The highest BCUT2D eigenvalue weighted by Crippen LogP contribution is 2.33. The molecule has 1 aromatic carbocycles. The van der Waals surface area contributed by atoms with E-state index < -0.39 is 42.4 Å². The number of aliphatic hydroxyl groups is 2. The van der Waals surface area contributed by atoms with E-state index in [1.165, 1.54) is 18.2 Å². The van der Waals surface area contributed by atoms with E-state index in [1.807, 2.05) is 0 Å². The first-order chi connectivity index (χ1) is 12.9. The first-order valence-corrected chi connectivity index (χ1v) is 8.21. The molecule has 3 N–H and O–H groups in total. The number of ether oxygens (including phenoxy) is 1. The topological polar surface area (TPSA) is 146 Å². The van der Waals surface area contributed by atoms with Crippen LogP contribution in [0.5, 0.6) is 0 Å². The van der Waals surface area contributed by atoms with Crippen molar-refractivity contribution in [1.82, 2.24) is 10.2 Å². The Hall–Kier alpha value is -3.11. The van der Waals surface area contributed by atoms with Crippen molar-refractivity contribution in [2.24, 2.45) is 4.99 Å². The third-order valence-corrected chi connectivity index (χ3v) is 4.21. The van der Waals surface area contributed by atoms with Crippen molar-refractivity contribution in [2.75, 3.05) is 13.2 Å². The zero-order valence-electron chi connectivity index (χ0n) is 14.1. The van der Waals surface area contributed by atoms with Crippen LogP contribution in [-0.2, 0) is 14.3 Å². The number of benzene rings is 1. The maximum atomic E-state index is 12.8. The zero-order valence-corrected chi connectivity index (χ0v) is 14.1. The fourth-order valence-corrected chi connectivity index (χ4v) is 2.91. The molecule has 1 fully saturated rings. The van der Waals surface area contributed by atoms with Gasteiger partial charge in [0.05, 0.1) is 23.4 Å². The van der Waals surface area contributed by atoms with Crippen LogP contribution in [0.25, 0.3) is 0 Å². The van der Waals surface area contributed by atoms with E-state index in [4.69, 9.17) is 9.84 Å². The van der Waals surface area contributed by atoms with Crippen molar-refractivity contribution in [1.29, 1.82) is 0 Å². The molecule has 0 spiro atoms. The van der Waals surface area contributed by atoms with Crippen molar-refractivity contribution in [3.8, 4) is 0 Å². The Morgan fingerprint density at radius 2 is 2.07 bits per heavy atom. The van der Waals surface area contributed by atoms with E-state index in [0.717, 1.165) is 11.3 Å². The number of hydrogen-bond donors (Lipinski definition) is 3. The Labute approximate surface area is 153 Å². The fraction of sp³-hybridized carbons (Fsp3) is 0.353. The highest BCUT2D eigenvalue weighted by Gasteiger charge is 2.45. The van der Waals surface area contributed by atoms with E-state index in [0.29, 0.717) is 0 Å². The number of aliphatic hydroxyl groups excluding tert-OH is 2. The molecule has 0 radical (unpaired) electrons.